The smallest absolute Gasteiger partial charge is 0.248 e. The van der Waals surface area contributed by atoms with Gasteiger partial charge in [-0.2, -0.15) is 4.31 Å². The van der Waals surface area contributed by atoms with Crippen molar-refractivity contribution >= 4 is 43.4 Å². The summed E-state index contributed by atoms with van der Waals surface area (Å²) in [7, 11) is -3.79. The molecule has 1 aliphatic heterocycles. The molecule has 4 aromatic rings. The molecule has 1 amide bonds. The number of amides is 1. The standard InChI is InChI=1S/C22H22N4O5S2/c1-13-20(14(2)31-25-13)33(28,29)26-9-5-7-16(11-26)21(27)24-22-23-17(12-32-22)19-10-15-6-3-4-8-18(15)30-19/h3-4,6,8,10,12,16H,5,7,9,11H2,1-2H3,(H,23,24,27). The molecule has 1 saturated heterocycles. The van der Waals surface area contributed by atoms with Crippen LogP contribution in [0, 0.1) is 19.8 Å². The SMILES string of the molecule is Cc1noc(C)c1S(=O)(=O)N1CCCC(C(=O)Nc2nc(-c3cc4ccccc4o3)cs2)C1. The normalized spacial score (nSPS) is 17.5. The molecule has 9 nitrogen and oxygen atoms in total. The third-order valence-corrected chi connectivity index (χ3v) is 8.60. The van der Waals surface area contributed by atoms with E-state index in [1.165, 1.54) is 15.6 Å². The van der Waals surface area contributed by atoms with Crippen LogP contribution in [0.25, 0.3) is 22.4 Å². The van der Waals surface area contributed by atoms with Gasteiger partial charge in [0.1, 0.15) is 21.9 Å². The number of aryl methyl sites for hydroxylation is 2. The Morgan fingerprint density at radius 1 is 1.27 bits per heavy atom. The van der Waals surface area contributed by atoms with Gasteiger partial charge in [-0.05, 0) is 38.8 Å². The summed E-state index contributed by atoms with van der Waals surface area (Å²) in [5, 5.41) is 9.84. The number of anilines is 1. The average molecular weight is 487 g/mol. The van der Waals surface area contributed by atoms with E-state index in [-0.39, 0.29) is 23.1 Å². The summed E-state index contributed by atoms with van der Waals surface area (Å²) >= 11 is 1.30. The molecule has 0 radical (unpaired) electrons. The van der Waals surface area contributed by atoms with Crippen molar-refractivity contribution < 1.29 is 22.2 Å². The van der Waals surface area contributed by atoms with Gasteiger partial charge in [0.15, 0.2) is 16.7 Å². The van der Waals surface area contributed by atoms with E-state index >= 15 is 0 Å². The van der Waals surface area contributed by atoms with Gasteiger partial charge in [0.25, 0.3) is 0 Å². The van der Waals surface area contributed by atoms with Gasteiger partial charge in [-0.15, -0.1) is 11.3 Å². The van der Waals surface area contributed by atoms with Crippen LogP contribution in [0.5, 0.6) is 0 Å². The van der Waals surface area contributed by atoms with Crippen molar-refractivity contribution in [1.82, 2.24) is 14.4 Å². The zero-order chi connectivity index (χ0) is 23.2. The number of sulfonamides is 1. The number of para-hydroxylation sites is 1. The first-order valence-electron chi connectivity index (χ1n) is 10.5. The highest BCUT2D eigenvalue weighted by atomic mass is 32.2. The van der Waals surface area contributed by atoms with Crippen LogP contribution in [0.4, 0.5) is 5.13 Å². The summed E-state index contributed by atoms with van der Waals surface area (Å²) in [5.41, 5.74) is 1.73. The Bertz CT molecular complexity index is 1380. The van der Waals surface area contributed by atoms with Crippen LogP contribution >= 0.6 is 11.3 Å². The number of benzene rings is 1. The predicted octanol–water partition coefficient (Wildman–Crippen LogP) is 4.20. The van der Waals surface area contributed by atoms with Gasteiger partial charge in [-0.25, -0.2) is 13.4 Å². The van der Waals surface area contributed by atoms with Crippen LogP contribution < -0.4 is 5.32 Å². The second-order valence-corrected chi connectivity index (χ2v) is 10.8. The average Bonchev–Trinajstić information content (AvgIpc) is 3.52. The number of nitrogens with one attached hydrogen (secondary N) is 1. The van der Waals surface area contributed by atoms with E-state index in [4.69, 9.17) is 8.94 Å². The van der Waals surface area contributed by atoms with E-state index in [2.05, 4.69) is 15.5 Å². The molecule has 11 heteroatoms. The molecule has 0 aliphatic carbocycles. The number of fused-ring (bicyclic) bond motifs is 1. The highest BCUT2D eigenvalue weighted by Crippen LogP contribution is 2.31. The number of rotatable bonds is 5. The van der Waals surface area contributed by atoms with Gasteiger partial charge >= 0.3 is 0 Å². The van der Waals surface area contributed by atoms with Crippen LogP contribution in [0.2, 0.25) is 0 Å². The first kappa shape index (κ1) is 21.8. The van der Waals surface area contributed by atoms with E-state index in [9.17, 15) is 13.2 Å². The first-order valence-corrected chi connectivity index (χ1v) is 12.8. The van der Waals surface area contributed by atoms with E-state index in [0.29, 0.717) is 41.7 Å². The van der Waals surface area contributed by atoms with Crippen molar-refractivity contribution in [3.05, 3.63) is 47.2 Å². The first-order chi connectivity index (χ1) is 15.8. The number of hydrogen-bond donors (Lipinski definition) is 1. The number of carbonyl (C=O) groups excluding carboxylic acids is 1. The lowest BCUT2D eigenvalue weighted by Crippen LogP contribution is -2.43. The second-order valence-electron chi connectivity index (χ2n) is 8.03. The molecule has 1 atom stereocenters. The summed E-state index contributed by atoms with van der Waals surface area (Å²) in [5.74, 6) is 0.147. The fourth-order valence-electron chi connectivity index (χ4n) is 4.11. The maximum Gasteiger partial charge on any atom is 0.248 e. The van der Waals surface area contributed by atoms with Crippen molar-refractivity contribution in [3.63, 3.8) is 0 Å². The van der Waals surface area contributed by atoms with Crippen molar-refractivity contribution in [2.45, 2.75) is 31.6 Å². The molecule has 3 aromatic heterocycles. The molecule has 1 N–H and O–H groups in total. The number of furan rings is 1. The van der Waals surface area contributed by atoms with Crippen molar-refractivity contribution in [2.75, 3.05) is 18.4 Å². The van der Waals surface area contributed by atoms with Crippen molar-refractivity contribution in [1.29, 1.82) is 0 Å². The number of piperidine rings is 1. The van der Waals surface area contributed by atoms with E-state index in [1.54, 1.807) is 13.8 Å². The van der Waals surface area contributed by atoms with Crippen LogP contribution in [-0.4, -0.2) is 41.9 Å². The summed E-state index contributed by atoms with van der Waals surface area (Å²) < 4.78 is 38.5. The molecule has 4 heterocycles. The van der Waals surface area contributed by atoms with Crippen LogP contribution in [0.1, 0.15) is 24.3 Å². The Labute approximate surface area is 194 Å². The summed E-state index contributed by atoms with van der Waals surface area (Å²) in [6.07, 6.45) is 1.18. The zero-order valence-electron chi connectivity index (χ0n) is 18.1. The Hall–Kier alpha value is -3.02. The number of thiazole rings is 1. The summed E-state index contributed by atoms with van der Waals surface area (Å²) in [6, 6.07) is 9.60. The van der Waals surface area contributed by atoms with Gasteiger partial charge in [0, 0.05) is 23.9 Å². The highest BCUT2D eigenvalue weighted by Gasteiger charge is 2.36. The molecule has 1 fully saturated rings. The molecule has 0 spiro atoms. The molecule has 1 aromatic carbocycles. The quantitative estimate of drug-likeness (QED) is 0.449. The maximum atomic E-state index is 13.1. The maximum absolute atomic E-state index is 13.1. The number of hydrogen-bond acceptors (Lipinski definition) is 8. The zero-order valence-corrected chi connectivity index (χ0v) is 19.7. The monoisotopic (exact) mass is 486 g/mol. The predicted molar refractivity (Wildman–Crippen MR) is 123 cm³/mol. The Kier molecular flexibility index (Phi) is 5.55. The number of aromatic nitrogens is 2. The molecule has 33 heavy (non-hydrogen) atoms. The minimum Gasteiger partial charge on any atom is -0.454 e. The van der Waals surface area contributed by atoms with Gasteiger partial charge in [0.05, 0.1) is 5.92 Å². The largest absolute Gasteiger partial charge is 0.454 e. The fourth-order valence-corrected chi connectivity index (χ4v) is 6.62. The van der Waals surface area contributed by atoms with Gasteiger partial charge < -0.3 is 14.3 Å². The van der Waals surface area contributed by atoms with E-state index in [0.717, 1.165) is 11.0 Å². The third-order valence-electron chi connectivity index (χ3n) is 5.73. The van der Waals surface area contributed by atoms with Crippen LogP contribution in [0.15, 0.2) is 49.5 Å². The van der Waals surface area contributed by atoms with Gasteiger partial charge in [-0.3, -0.25) is 4.79 Å². The molecular weight excluding hydrogens is 464 g/mol. The lowest BCUT2D eigenvalue weighted by Gasteiger charge is -2.30. The Morgan fingerprint density at radius 2 is 2.09 bits per heavy atom. The Morgan fingerprint density at radius 3 is 2.85 bits per heavy atom. The molecule has 0 bridgehead atoms. The van der Waals surface area contributed by atoms with Crippen molar-refractivity contribution in [3.8, 4) is 11.5 Å². The molecule has 172 valence electrons. The molecular formula is C22H22N4O5S2. The topological polar surface area (TPSA) is 119 Å². The van der Waals surface area contributed by atoms with Gasteiger partial charge in [-0.1, -0.05) is 23.4 Å². The number of nitrogens with zero attached hydrogens (tertiary/aromatic N) is 3. The minimum atomic E-state index is -3.79. The summed E-state index contributed by atoms with van der Waals surface area (Å²) in [6.45, 7) is 3.62. The molecule has 5 rings (SSSR count). The third kappa shape index (κ3) is 4.07. The summed E-state index contributed by atoms with van der Waals surface area (Å²) in [4.78, 5) is 17.5. The lowest BCUT2D eigenvalue weighted by atomic mass is 9.99. The molecule has 1 aliphatic rings. The van der Waals surface area contributed by atoms with Gasteiger partial charge in [0.2, 0.25) is 15.9 Å². The Balaban J connectivity index is 1.29. The number of carbonyl (C=O) groups is 1. The minimum absolute atomic E-state index is 0.0824. The van der Waals surface area contributed by atoms with Crippen LogP contribution in [0.3, 0.4) is 0 Å². The van der Waals surface area contributed by atoms with Crippen molar-refractivity contribution in [2.24, 2.45) is 5.92 Å². The lowest BCUT2D eigenvalue weighted by molar-refractivity contribution is -0.120. The second kappa shape index (κ2) is 8.40. The van der Waals surface area contributed by atoms with E-state index < -0.39 is 15.9 Å². The van der Waals surface area contributed by atoms with E-state index in [1.807, 2.05) is 35.7 Å². The van der Waals surface area contributed by atoms with Crippen LogP contribution in [-0.2, 0) is 14.8 Å². The molecule has 1 unspecified atom stereocenters. The molecule has 0 saturated carbocycles. The highest BCUT2D eigenvalue weighted by molar-refractivity contribution is 7.89. The fraction of sp³-hybridized carbons (Fsp3) is 0.318.